The average Bonchev–Trinajstić information content (AvgIpc) is 1.94. The van der Waals surface area contributed by atoms with Crippen LogP contribution in [-0.2, 0) is 0 Å². The minimum absolute atomic E-state index is 0.711. The summed E-state index contributed by atoms with van der Waals surface area (Å²) in [5, 5.41) is 0.711. The van der Waals surface area contributed by atoms with E-state index in [9.17, 15) is 0 Å². The Morgan fingerprint density at radius 3 is 2.45 bits per heavy atom. The lowest BCUT2D eigenvalue weighted by Crippen LogP contribution is -2.10. The Morgan fingerprint density at radius 1 is 1.36 bits per heavy atom. The lowest BCUT2D eigenvalue weighted by atomic mass is 10.2. The van der Waals surface area contributed by atoms with E-state index in [-0.39, 0.29) is 0 Å². The molecular formula is C8H11ClN2. The predicted molar refractivity (Wildman–Crippen MR) is 50.2 cm³/mol. The van der Waals surface area contributed by atoms with Gasteiger partial charge in [-0.05, 0) is 18.2 Å². The highest BCUT2D eigenvalue weighted by Gasteiger charge is 2.00. The van der Waals surface area contributed by atoms with E-state index < -0.39 is 0 Å². The molecule has 0 saturated carbocycles. The molecular weight excluding hydrogens is 160 g/mol. The van der Waals surface area contributed by atoms with E-state index in [0.717, 1.165) is 11.4 Å². The van der Waals surface area contributed by atoms with Crippen molar-refractivity contribution < 1.29 is 0 Å². The van der Waals surface area contributed by atoms with E-state index in [2.05, 4.69) is 0 Å². The van der Waals surface area contributed by atoms with Crippen molar-refractivity contribution in [2.45, 2.75) is 0 Å². The highest BCUT2D eigenvalue weighted by Crippen LogP contribution is 2.24. The molecule has 0 aliphatic heterocycles. The summed E-state index contributed by atoms with van der Waals surface area (Å²) in [7, 11) is 3.87. The average molecular weight is 171 g/mol. The van der Waals surface area contributed by atoms with Crippen LogP contribution < -0.4 is 10.6 Å². The monoisotopic (exact) mass is 170 g/mol. The quantitative estimate of drug-likeness (QED) is 0.654. The second kappa shape index (κ2) is 3.01. The first-order valence-electron chi connectivity index (χ1n) is 3.33. The van der Waals surface area contributed by atoms with Gasteiger partial charge in [-0.25, -0.2) is 0 Å². The van der Waals surface area contributed by atoms with Crippen molar-refractivity contribution in [3.05, 3.63) is 23.2 Å². The first-order valence-corrected chi connectivity index (χ1v) is 3.71. The van der Waals surface area contributed by atoms with Gasteiger partial charge in [0.05, 0.1) is 11.4 Å². The van der Waals surface area contributed by atoms with Gasteiger partial charge in [0.15, 0.2) is 0 Å². The van der Waals surface area contributed by atoms with Gasteiger partial charge in [-0.1, -0.05) is 11.6 Å². The van der Waals surface area contributed by atoms with Gasteiger partial charge in [-0.15, -0.1) is 0 Å². The highest BCUT2D eigenvalue weighted by atomic mass is 35.5. The zero-order chi connectivity index (χ0) is 8.43. The van der Waals surface area contributed by atoms with Gasteiger partial charge < -0.3 is 10.6 Å². The topological polar surface area (TPSA) is 29.3 Å². The summed E-state index contributed by atoms with van der Waals surface area (Å²) in [6, 6.07) is 5.43. The van der Waals surface area contributed by atoms with Crippen molar-refractivity contribution in [2.75, 3.05) is 24.7 Å². The number of nitrogens with zero attached hydrogens (tertiary/aromatic N) is 1. The summed E-state index contributed by atoms with van der Waals surface area (Å²) >= 11 is 5.78. The van der Waals surface area contributed by atoms with Crippen LogP contribution in [0.3, 0.4) is 0 Å². The third kappa shape index (κ3) is 1.77. The van der Waals surface area contributed by atoms with Gasteiger partial charge in [0.1, 0.15) is 0 Å². The molecule has 0 bridgehead atoms. The van der Waals surface area contributed by atoms with Gasteiger partial charge in [0.2, 0.25) is 0 Å². The minimum Gasteiger partial charge on any atom is -0.397 e. The maximum atomic E-state index is 5.78. The van der Waals surface area contributed by atoms with E-state index >= 15 is 0 Å². The Kier molecular flexibility index (Phi) is 2.25. The predicted octanol–water partition coefficient (Wildman–Crippen LogP) is 1.99. The molecule has 0 spiro atoms. The summed E-state index contributed by atoms with van der Waals surface area (Å²) in [6.07, 6.45) is 0. The number of rotatable bonds is 1. The molecule has 0 fully saturated rings. The molecule has 60 valence electrons. The van der Waals surface area contributed by atoms with Crippen molar-refractivity contribution in [2.24, 2.45) is 0 Å². The van der Waals surface area contributed by atoms with Crippen LogP contribution in [-0.4, -0.2) is 14.1 Å². The first kappa shape index (κ1) is 8.21. The largest absolute Gasteiger partial charge is 0.397 e. The number of hydrogen-bond acceptors (Lipinski definition) is 2. The number of hydrogen-bond donors (Lipinski definition) is 1. The van der Waals surface area contributed by atoms with Gasteiger partial charge in [-0.3, -0.25) is 0 Å². The molecule has 1 rings (SSSR count). The van der Waals surface area contributed by atoms with Crippen LogP contribution in [0.5, 0.6) is 0 Å². The molecule has 0 amide bonds. The minimum atomic E-state index is 0.711. The normalized spacial score (nSPS) is 9.73. The van der Waals surface area contributed by atoms with Crippen molar-refractivity contribution in [1.29, 1.82) is 0 Å². The van der Waals surface area contributed by atoms with Crippen LogP contribution >= 0.6 is 11.6 Å². The Labute approximate surface area is 71.6 Å². The molecule has 0 heterocycles. The van der Waals surface area contributed by atoms with E-state index in [1.165, 1.54) is 0 Å². The highest BCUT2D eigenvalue weighted by molar-refractivity contribution is 6.31. The molecule has 0 aliphatic rings. The van der Waals surface area contributed by atoms with Crippen LogP contribution in [0.4, 0.5) is 11.4 Å². The fourth-order valence-electron chi connectivity index (χ4n) is 0.904. The number of anilines is 2. The number of nitrogen functional groups attached to an aromatic ring is 1. The van der Waals surface area contributed by atoms with Crippen LogP contribution in [0.15, 0.2) is 18.2 Å². The molecule has 11 heavy (non-hydrogen) atoms. The maximum Gasteiger partial charge on any atom is 0.0609 e. The van der Waals surface area contributed by atoms with Crippen LogP contribution in [0.2, 0.25) is 5.02 Å². The summed E-state index contributed by atoms with van der Waals surface area (Å²) < 4.78 is 0. The van der Waals surface area contributed by atoms with Crippen molar-refractivity contribution >= 4 is 23.0 Å². The van der Waals surface area contributed by atoms with Gasteiger partial charge >= 0.3 is 0 Å². The summed E-state index contributed by atoms with van der Waals surface area (Å²) in [4.78, 5) is 1.93. The Balaban J connectivity index is 3.13. The van der Waals surface area contributed by atoms with Gasteiger partial charge in [0.25, 0.3) is 0 Å². The fraction of sp³-hybridized carbons (Fsp3) is 0.250. The second-order valence-electron chi connectivity index (χ2n) is 2.60. The van der Waals surface area contributed by atoms with Crippen molar-refractivity contribution in [1.82, 2.24) is 0 Å². The summed E-state index contributed by atoms with van der Waals surface area (Å²) in [6.45, 7) is 0. The zero-order valence-corrected chi connectivity index (χ0v) is 7.39. The van der Waals surface area contributed by atoms with Gasteiger partial charge in [-0.2, -0.15) is 0 Å². The third-order valence-corrected chi connectivity index (χ3v) is 1.71. The van der Waals surface area contributed by atoms with Crippen molar-refractivity contribution in [3.8, 4) is 0 Å². The van der Waals surface area contributed by atoms with E-state index in [1.54, 1.807) is 12.1 Å². The molecule has 0 aromatic heterocycles. The molecule has 1 aromatic rings. The lowest BCUT2D eigenvalue weighted by molar-refractivity contribution is 1.13. The molecule has 0 radical (unpaired) electrons. The first-order chi connectivity index (χ1) is 5.11. The SMILES string of the molecule is CN(C)c1cc(Cl)ccc1N. The van der Waals surface area contributed by atoms with E-state index in [1.807, 2.05) is 25.1 Å². The Hall–Kier alpha value is -0.890. The fourth-order valence-corrected chi connectivity index (χ4v) is 1.07. The van der Waals surface area contributed by atoms with Gasteiger partial charge in [0, 0.05) is 19.1 Å². The standard InChI is InChI=1S/C8H11ClN2/c1-11(2)8-5-6(9)3-4-7(8)10/h3-5H,10H2,1-2H3. The van der Waals surface area contributed by atoms with E-state index in [4.69, 9.17) is 17.3 Å². The molecule has 3 heteroatoms. The second-order valence-corrected chi connectivity index (χ2v) is 3.03. The van der Waals surface area contributed by atoms with Crippen LogP contribution in [0, 0.1) is 0 Å². The zero-order valence-electron chi connectivity index (χ0n) is 6.63. The molecule has 0 saturated heterocycles. The lowest BCUT2D eigenvalue weighted by Gasteiger charge is -2.14. The molecule has 0 unspecified atom stereocenters. The molecule has 0 aliphatic carbocycles. The molecule has 2 nitrogen and oxygen atoms in total. The summed E-state index contributed by atoms with van der Waals surface area (Å²) in [5.74, 6) is 0. The smallest absolute Gasteiger partial charge is 0.0609 e. The summed E-state index contributed by atoms with van der Waals surface area (Å²) in [5.41, 5.74) is 7.40. The van der Waals surface area contributed by atoms with Crippen LogP contribution in [0.25, 0.3) is 0 Å². The van der Waals surface area contributed by atoms with Crippen molar-refractivity contribution in [3.63, 3.8) is 0 Å². The van der Waals surface area contributed by atoms with E-state index in [0.29, 0.717) is 5.02 Å². The Bertz CT molecular complexity index is 258. The van der Waals surface area contributed by atoms with Crippen LogP contribution in [0.1, 0.15) is 0 Å². The molecule has 0 atom stereocenters. The number of benzene rings is 1. The molecule has 2 N–H and O–H groups in total. The number of nitrogens with two attached hydrogens (primary N) is 1. The maximum absolute atomic E-state index is 5.78. The molecule has 1 aromatic carbocycles. The number of halogens is 1. The third-order valence-electron chi connectivity index (χ3n) is 1.47. The Morgan fingerprint density at radius 2 is 2.00 bits per heavy atom.